The summed E-state index contributed by atoms with van der Waals surface area (Å²) in [6, 6.07) is 6.04. The van der Waals surface area contributed by atoms with E-state index in [0.29, 0.717) is 13.0 Å². The number of aryl methyl sites for hydroxylation is 2. The molecule has 1 aromatic rings. The van der Waals surface area contributed by atoms with E-state index in [-0.39, 0.29) is 11.8 Å². The molecular formula is C18H26N2O2. The third kappa shape index (κ3) is 4.09. The van der Waals surface area contributed by atoms with Crippen LogP contribution < -0.4 is 4.90 Å². The first-order chi connectivity index (χ1) is 10.5. The second-order valence-corrected chi connectivity index (χ2v) is 6.15. The molecule has 0 aromatic heterocycles. The van der Waals surface area contributed by atoms with Crippen molar-refractivity contribution in [2.75, 3.05) is 24.5 Å². The highest BCUT2D eigenvalue weighted by atomic mass is 16.2. The number of anilines is 1. The summed E-state index contributed by atoms with van der Waals surface area (Å²) in [4.78, 5) is 27.9. The number of amides is 2. The number of carbonyl (C=O) groups is 2. The van der Waals surface area contributed by atoms with Crippen molar-refractivity contribution < 1.29 is 9.59 Å². The van der Waals surface area contributed by atoms with Crippen molar-refractivity contribution in [1.29, 1.82) is 0 Å². The fourth-order valence-electron chi connectivity index (χ4n) is 3.06. The van der Waals surface area contributed by atoms with E-state index in [1.54, 1.807) is 11.8 Å². The van der Waals surface area contributed by atoms with Gasteiger partial charge in [0.25, 0.3) is 0 Å². The zero-order valence-corrected chi connectivity index (χ0v) is 13.9. The van der Waals surface area contributed by atoms with Crippen molar-refractivity contribution in [2.45, 2.75) is 46.5 Å². The van der Waals surface area contributed by atoms with E-state index < -0.39 is 0 Å². The third-order valence-corrected chi connectivity index (χ3v) is 4.28. The quantitative estimate of drug-likeness (QED) is 0.857. The van der Waals surface area contributed by atoms with Crippen LogP contribution in [0.4, 0.5) is 5.69 Å². The Kier molecular flexibility index (Phi) is 5.58. The summed E-state index contributed by atoms with van der Waals surface area (Å²) in [5.41, 5.74) is 3.15. The molecule has 1 fully saturated rings. The summed E-state index contributed by atoms with van der Waals surface area (Å²) in [5.74, 6) is 0.147. The van der Waals surface area contributed by atoms with Gasteiger partial charge in [-0.15, -0.1) is 0 Å². The fourth-order valence-corrected chi connectivity index (χ4v) is 3.06. The van der Waals surface area contributed by atoms with Crippen LogP contribution in [0.5, 0.6) is 0 Å². The molecule has 1 aliphatic rings. The van der Waals surface area contributed by atoms with Crippen LogP contribution >= 0.6 is 0 Å². The zero-order chi connectivity index (χ0) is 16.1. The number of rotatable bonds is 4. The van der Waals surface area contributed by atoms with Crippen molar-refractivity contribution in [3.63, 3.8) is 0 Å². The molecule has 22 heavy (non-hydrogen) atoms. The van der Waals surface area contributed by atoms with Crippen molar-refractivity contribution in [2.24, 2.45) is 0 Å². The lowest BCUT2D eigenvalue weighted by Gasteiger charge is -2.28. The second kappa shape index (κ2) is 7.43. The Bertz CT molecular complexity index is 548. The second-order valence-electron chi connectivity index (χ2n) is 6.15. The van der Waals surface area contributed by atoms with E-state index in [1.807, 2.05) is 30.9 Å². The van der Waals surface area contributed by atoms with E-state index in [4.69, 9.17) is 0 Å². The Morgan fingerprint density at radius 2 is 1.82 bits per heavy atom. The molecule has 2 amide bonds. The molecule has 0 radical (unpaired) electrons. The standard InChI is InChI=1S/C18H26N2O2/c1-14-7-8-17(15(2)13-14)20(16(3)21)12-9-18(22)19-10-5-4-6-11-19/h7-8,13H,4-6,9-12H2,1-3H3. The molecule has 1 heterocycles. The molecule has 0 aliphatic carbocycles. The van der Waals surface area contributed by atoms with Crippen molar-refractivity contribution in [1.82, 2.24) is 4.90 Å². The number of hydrogen-bond acceptors (Lipinski definition) is 2. The summed E-state index contributed by atoms with van der Waals surface area (Å²) < 4.78 is 0. The average Bonchev–Trinajstić information content (AvgIpc) is 2.49. The van der Waals surface area contributed by atoms with Gasteiger partial charge < -0.3 is 9.80 Å². The van der Waals surface area contributed by atoms with Crippen LogP contribution in [-0.2, 0) is 9.59 Å². The monoisotopic (exact) mass is 302 g/mol. The molecule has 4 heteroatoms. The summed E-state index contributed by atoms with van der Waals surface area (Å²) in [5, 5.41) is 0. The molecule has 1 aliphatic heterocycles. The lowest BCUT2D eigenvalue weighted by Crippen LogP contribution is -2.39. The van der Waals surface area contributed by atoms with Gasteiger partial charge in [0.1, 0.15) is 0 Å². The van der Waals surface area contributed by atoms with E-state index in [0.717, 1.165) is 37.2 Å². The Balaban J connectivity index is 2.02. The molecule has 0 bridgehead atoms. The van der Waals surface area contributed by atoms with Gasteiger partial charge >= 0.3 is 0 Å². The average molecular weight is 302 g/mol. The van der Waals surface area contributed by atoms with Gasteiger partial charge in [0.05, 0.1) is 0 Å². The minimum absolute atomic E-state index is 0.0154. The van der Waals surface area contributed by atoms with Crippen LogP contribution in [0.3, 0.4) is 0 Å². The highest BCUT2D eigenvalue weighted by molar-refractivity contribution is 5.93. The van der Waals surface area contributed by atoms with E-state index in [2.05, 4.69) is 6.07 Å². The molecule has 0 spiro atoms. The molecular weight excluding hydrogens is 276 g/mol. The predicted molar refractivity (Wildman–Crippen MR) is 89.0 cm³/mol. The summed E-state index contributed by atoms with van der Waals surface area (Å²) >= 11 is 0. The highest BCUT2D eigenvalue weighted by Gasteiger charge is 2.19. The van der Waals surface area contributed by atoms with Gasteiger partial charge in [0, 0.05) is 38.7 Å². The van der Waals surface area contributed by atoms with Gasteiger partial charge in [-0.05, 0) is 44.7 Å². The first-order valence-electron chi connectivity index (χ1n) is 8.12. The predicted octanol–water partition coefficient (Wildman–Crippen LogP) is 3.06. The smallest absolute Gasteiger partial charge is 0.224 e. The van der Waals surface area contributed by atoms with Crippen LogP contribution in [0.2, 0.25) is 0 Å². The molecule has 0 saturated carbocycles. The molecule has 0 N–H and O–H groups in total. The lowest BCUT2D eigenvalue weighted by atomic mass is 10.1. The van der Waals surface area contributed by atoms with E-state index in [1.165, 1.54) is 12.0 Å². The Morgan fingerprint density at radius 3 is 2.41 bits per heavy atom. The maximum Gasteiger partial charge on any atom is 0.224 e. The van der Waals surface area contributed by atoms with Crippen molar-refractivity contribution >= 4 is 17.5 Å². The first-order valence-corrected chi connectivity index (χ1v) is 8.12. The molecule has 2 rings (SSSR count). The number of likely N-dealkylation sites (tertiary alicyclic amines) is 1. The van der Waals surface area contributed by atoms with Crippen LogP contribution in [0.15, 0.2) is 18.2 Å². The summed E-state index contributed by atoms with van der Waals surface area (Å²) in [6.45, 7) is 7.78. The zero-order valence-electron chi connectivity index (χ0n) is 13.9. The van der Waals surface area contributed by atoms with Gasteiger partial charge in [-0.1, -0.05) is 17.7 Å². The maximum absolute atomic E-state index is 12.3. The Labute approximate surface area is 133 Å². The van der Waals surface area contributed by atoms with Gasteiger partial charge in [0.15, 0.2) is 0 Å². The normalized spacial score (nSPS) is 14.8. The van der Waals surface area contributed by atoms with Gasteiger partial charge in [-0.2, -0.15) is 0 Å². The van der Waals surface area contributed by atoms with Gasteiger partial charge in [-0.3, -0.25) is 9.59 Å². The number of carbonyl (C=O) groups excluding carboxylic acids is 2. The van der Waals surface area contributed by atoms with E-state index in [9.17, 15) is 9.59 Å². The fraction of sp³-hybridized carbons (Fsp3) is 0.556. The minimum Gasteiger partial charge on any atom is -0.343 e. The van der Waals surface area contributed by atoms with Crippen LogP contribution in [0.25, 0.3) is 0 Å². The minimum atomic E-state index is -0.0154. The molecule has 0 atom stereocenters. The SMILES string of the molecule is CC(=O)N(CCC(=O)N1CCCCC1)c1ccc(C)cc1C. The highest BCUT2D eigenvalue weighted by Crippen LogP contribution is 2.22. The third-order valence-electron chi connectivity index (χ3n) is 4.28. The molecule has 1 aromatic carbocycles. The van der Waals surface area contributed by atoms with Crippen molar-refractivity contribution in [3.8, 4) is 0 Å². The largest absolute Gasteiger partial charge is 0.343 e. The molecule has 120 valence electrons. The van der Waals surface area contributed by atoms with Crippen LogP contribution in [0.1, 0.15) is 43.7 Å². The number of benzene rings is 1. The van der Waals surface area contributed by atoms with Crippen LogP contribution in [0, 0.1) is 13.8 Å². The van der Waals surface area contributed by atoms with Crippen molar-refractivity contribution in [3.05, 3.63) is 29.3 Å². The molecule has 1 saturated heterocycles. The molecule has 0 unspecified atom stereocenters. The number of hydrogen-bond donors (Lipinski definition) is 0. The number of nitrogens with zero attached hydrogens (tertiary/aromatic N) is 2. The summed E-state index contributed by atoms with van der Waals surface area (Å²) in [7, 11) is 0. The lowest BCUT2D eigenvalue weighted by molar-refractivity contribution is -0.131. The first kappa shape index (κ1) is 16.5. The van der Waals surface area contributed by atoms with Crippen LogP contribution in [-0.4, -0.2) is 36.3 Å². The topological polar surface area (TPSA) is 40.6 Å². The Morgan fingerprint density at radius 1 is 1.14 bits per heavy atom. The maximum atomic E-state index is 12.3. The van der Waals surface area contributed by atoms with Gasteiger partial charge in [-0.25, -0.2) is 0 Å². The van der Waals surface area contributed by atoms with E-state index >= 15 is 0 Å². The molecule has 4 nitrogen and oxygen atoms in total. The number of piperidine rings is 1. The van der Waals surface area contributed by atoms with Gasteiger partial charge in [0.2, 0.25) is 11.8 Å². The summed E-state index contributed by atoms with van der Waals surface area (Å²) in [6.07, 6.45) is 3.80. The Hall–Kier alpha value is -1.84.